The Morgan fingerprint density at radius 2 is 1.86 bits per heavy atom. The maximum absolute atomic E-state index is 12.0. The molecule has 0 aromatic rings. The van der Waals surface area contributed by atoms with Crippen LogP contribution in [0.25, 0.3) is 0 Å². The topological polar surface area (TPSA) is 20.3 Å². The van der Waals surface area contributed by atoms with E-state index in [1.165, 1.54) is 12.8 Å². The number of hydrogen-bond donors (Lipinski definition) is 0. The van der Waals surface area contributed by atoms with Crippen molar-refractivity contribution >= 4 is 5.91 Å². The van der Waals surface area contributed by atoms with Gasteiger partial charge in [-0.15, -0.1) is 0 Å². The Hall–Kier alpha value is -0.530. The van der Waals surface area contributed by atoms with Crippen LogP contribution in [0.2, 0.25) is 0 Å². The highest BCUT2D eigenvalue weighted by molar-refractivity contribution is 5.81. The van der Waals surface area contributed by atoms with Gasteiger partial charge < -0.3 is 4.90 Å². The number of likely N-dealkylation sites (tertiary alicyclic amines) is 1. The van der Waals surface area contributed by atoms with Crippen LogP contribution in [-0.4, -0.2) is 23.4 Å². The molecule has 0 bridgehead atoms. The molecule has 2 heteroatoms. The van der Waals surface area contributed by atoms with Crippen molar-refractivity contribution in [3.05, 3.63) is 0 Å². The predicted molar refractivity (Wildman–Crippen MR) is 56.9 cm³/mol. The Balaban J connectivity index is 2.06. The zero-order valence-electron chi connectivity index (χ0n) is 9.55. The third kappa shape index (κ3) is 1.79. The molecule has 0 aromatic heterocycles. The van der Waals surface area contributed by atoms with Gasteiger partial charge in [-0.2, -0.15) is 0 Å². The summed E-state index contributed by atoms with van der Waals surface area (Å²) in [5, 5.41) is 0. The van der Waals surface area contributed by atoms with Crippen LogP contribution in [0.4, 0.5) is 0 Å². The van der Waals surface area contributed by atoms with Crippen molar-refractivity contribution in [1.29, 1.82) is 0 Å². The minimum Gasteiger partial charge on any atom is -0.339 e. The molecule has 0 radical (unpaired) electrons. The lowest BCUT2D eigenvalue weighted by Gasteiger charge is -2.35. The number of rotatable bonds is 1. The number of carbonyl (C=O) groups excluding carboxylic acids is 1. The summed E-state index contributed by atoms with van der Waals surface area (Å²) >= 11 is 0. The molecular formula is C12H21NO. The van der Waals surface area contributed by atoms with E-state index in [9.17, 15) is 4.79 Å². The smallest absolute Gasteiger partial charge is 0.225 e. The second kappa shape index (κ2) is 3.25. The van der Waals surface area contributed by atoms with E-state index < -0.39 is 0 Å². The summed E-state index contributed by atoms with van der Waals surface area (Å²) in [6, 6.07) is 0.482. The highest BCUT2D eigenvalue weighted by atomic mass is 16.2. The van der Waals surface area contributed by atoms with Gasteiger partial charge in [0.25, 0.3) is 0 Å². The van der Waals surface area contributed by atoms with Crippen LogP contribution < -0.4 is 0 Å². The van der Waals surface area contributed by atoms with Crippen molar-refractivity contribution in [1.82, 2.24) is 4.90 Å². The molecule has 14 heavy (non-hydrogen) atoms. The number of amides is 1. The molecule has 2 nitrogen and oxygen atoms in total. The second-order valence-corrected chi connectivity index (χ2v) is 5.83. The van der Waals surface area contributed by atoms with Crippen LogP contribution in [0.15, 0.2) is 0 Å². The fraction of sp³-hybridized carbons (Fsp3) is 0.917. The highest BCUT2D eigenvalue weighted by Crippen LogP contribution is 2.38. The molecule has 1 saturated carbocycles. The highest BCUT2D eigenvalue weighted by Gasteiger charge is 2.41. The molecule has 1 amide bonds. The summed E-state index contributed by atoms with van der Waals surface area (Å²) in [5.41, 5.74) is 0.251. The van der Waals surface area contributed by atoms with E-state index in [2.05, 4.69) is 25.7 Å². The molecule has 0 spiro atoms. The summed E-state index contributed by atoms with van der Waals surface area (Å²) in [5.74, 6) is 0.820. The molecule has 2 fully saturated rings. The molecule has 1 saturated heterocycles. The van der Waals surface area contributed by atoms with E-state index in [0.717, 1.165) is 19.4 Å². The normalized spacial score (nSPS) is 28.2. The van der Waals surface area contributed by atoms with Crippen molar-refractivity contribution < 1.29 is 4.79 Å². The lowest BCUT2D eigenvalue weighted by Crippen LogP contribution is -2.43. The summed E-state index contributed by atoms with van der Waals surface area (Å²) in [4.78, 5) is 14.1. The van der Waals surface area contributed by atoms with Crippen molar-refractivity contribution in [2.45, 2.75) is 52.5 Å². The molecule has 80 valence electrons. The first kappa shape index (κ1) is 10.0. The maximum Gasteiger partial charge on any atom is 0.225 e. The van der Waals surface area contributed by atoms with Crippen molar-refractivity contribution in [2.24, 2.45) is 11.3 Å². The van der Waals surface area contributed by atoms with Crippen LogP contribution in [-0.2, 0) is 4.79 Å². The first-order valence-electron chi connectivity index (χ1n) is 5.80. The molecule has 2 aliphatic rings. The van der Waals surface area contributed by atoms with Gasteiger partial charge in [0.05, 0.1) is 0 Å². The van der Waals surface area contributed by atoms with Gasteiger partial charge in [0.1, 0.15) is 0 Å². The van der Waals surface area contributed by atoms with Gasteiger partial charge in [-0.3, -0.25) is 4.79 Å². The van der Waals surface area contributed by atoms with Crippen LogP contribution in [0.1, 0.15) is 46.5 Å². The average molecular weight is 195 g/mol. The van der Waals surface area contributed by atoms with E-state index in [1.807, 2.05) is 0 Å². The van der Waals surface area contributed by atoms with Gasteiger partial charge in [0, 0.05) is 18.5 Å². The SMILES string of the molecule is CC(C)(C)[C@H]1CCCN1C(=O)C1CC1. The lowest BCUT2D eigenvalue weighted by atomic mass is 9.85. The van der Waals surface area contributed by atoms with Gasteiger partial charge in [-0.25, -0.2) is 0 Å². The zero-order chi connectivity index (χ0) is 10.3. The fourth-order valence-electron chi connectivity index (χ4n) is 2.50. The van der Waals surface area contributed by atoms with Crippen molar-refractivity contribution in [2.75, 3.05) is 6.54 Å². The standard InChI is InChI=1S/C12H21NO/c1-12(2,3)10-5-4-8-13(10)11(14)9-6-7-9/h9-10H,4-8H2,1-3H3/t10-/m1/s1. The van der Waals surface area contributed by atoms with Crippen molar-refractivity contribution in [3.63, 3.8) is 0 Å². The molecule has 2 rings (SSSR count). The quantitative estimate of drug-likeness (QED) is 0.629. The molecule has 0 unspecified atom stereocenters. The van der Waals surface area contributed by atoms with Crippen LogP contribution >= 0.6 is 0 Å². The predicted octanol–water partition coefficient (Wildman–Crippen LogP) is 2.43. The van der Waals surface area contributed by atoms with Gasteiger partial charge in [0.15, 0.2) is 0 Å². The van der Waals surface area contributed by atoms with E-state index in [0.29, 0.717) is 17.9 Å². The van der Waals surface area contributed by atoms with Gasteiger partial charge >= 0.3 is 0 Å². The third-order valence-electron chi connectivity index (χ3n) is 3.46. The Morgan fingerprint density at radius 1 is 1.21 bits per heavy atom. The maximum atomic E-state index is 12.0. The van der Waals surface area contributed by atoms with Gasteiger partial charge in [0.2, 0.25) is 5.91 Å². The van der Waals surface area contributed by atoms with E-state index in [4.69, 9.17) is 0 Å². The summed E-state index contributed by atoms with van der Waals surface area (Å²) in [7, 11) is 0. The Bertz CT molecular complexity index is 237. The van der Waals surface area contributed by atoms with E-state index >= 15 is 0 Å². The molecule has 0 aromatic carbocycles. The fourth-order valence-corrected chi connectivity index (χ4v) is 2.50. The summed E-state index contributed by atoms with van der Waals surface area (Å²) in [6.07, 6.45) is 4.65. The molecule has 1 heterocycles. The van der Waals surface area contributed by atoms with Gasteiger partial charge in [-0.1, -0.05) is 20.8 Å². The molecule has 1 aliphatic heterocycles. The molecule has 0 N–H and O–H groups in total. The van der Waals surface area contributed by atoms with Gasteiger partial charge in [-0.05, 0) is 31.1 Å². The summed E-state index contributed by atoms with van der Waals surface area (Å²) < 4.78 is 0. The van der Waals surface area contributed by atoms with E-state index in [1.54, 1.807) is 0 Å². The number of hydrogen-bond acceptors (Lipinski definition) is 1. The van der Waals surface area contributed by atoms with Crippen LogP contribution in [0, 0.1) is 11.3 Å². The zero-order valence-corrected chi connectivity index (χ0v) is 9.55. The summed E-state index contributed by atoms with van der Waals surface area (Å²) in [6.45, 7) is 7.74. The average Bonchev–Trinajstić information content (AvgIpc) is 2.78. The van der Waals surface area contributed by atoms with Crippen LogP contribution in [0.3, 0.4) is 0 Å². The monoisotopic (exact) mass is 195 g/mol. The second-order valence-electron chi connectivity index (χ2n) is 5.83. The molecule has 1 atom stereocenters. The minimum atomic E-state index is 0.251. The first-order valence-corrected chi connectivity index (χ1v) is 5.80. The Labute approximate surface area is 86.7 Å². The third-order valence-corrected chi connectivity index (χ3v) is 3.46. The number of nitrogens with zero attached hydrogens (tertiary/aromatic N) is 1. The van der Waals surface area contributed by atoms with Crippen molar-refractivity contribution in [3.8, 4) is 0 Å². The van der Waals surface area contributed by atoms with E-state index in [-0.39, 0.29) is 5.41 Å². The first-order chi connectivity index (χ1) is 6.50. The Kier molecular flexibility index (Phi) is 2.32. The van der Waals surface area contributed by atoms with Crippen LogP contribution in [0.5, 0.6) is 0 Å². The molecular weight excluding hydrogens is 174 g/mol. The molecule has 1 aliphatic carbocycles. The lowest BCUT2D eigenvalue weighted by molar-refractivity contribution is -0.135. The largest absolute Gasteiger partial charge is 0.339 e. The Morgan fingerprint density at radius 3 is 2.36 bits per heavy atom. The minimum absolute atomic E-state index is 0.251. The number of carbonyl (C=O) groups is 1.